The number of hydrogen-bond acceptors (Lipinski definition) is 5. The molecule has 9 heteroatoms. The second-order valence-electron chi connectivity index (χ2n) is 4.36. The van der Waals surface area contributed by atoms with Crippen LogP contribution < -0.4 is 4.72 Å². The summed E-state index contributed by atoms with van der Waals surface area (Å²) in [5.41, 5.74) is 1.08. The lowest BCUT2D eigenvalue weighted by atomic mass is 10.3. The van der Waals surface area contributed by atoms with Gasteiger partial charge in [-0.05, 0) is 52.9 Å². The summed E-state index contributed by atoms with van der Waals surface area (Å²) in [6, 6.07) is 13.2. The maximum absolute atomic E-state index is 12.3. The Balaban J connectivity index is 1.89. The van der Waals surface area contributed by atoms with Gasteiger partial charge in [-0.15, -0.1) is 5.10 Å². The van der Waals surface area contributed by atoms with Gasteiger partial charge >= 0.3 is 0 Å². The van der Waals surface area contributed by atoms with Crippen LogP contribution in [0.3, 0.4) is 0 Å². The SMILES string of the molecule is O=S(=O)(Nc1cccc(-n2cnnn2)c1)c1ccc(Br)cc1. The summed E-state index contributed by atoms with van der Waals surface area (Å²) in [6.07, 6.45) is 1.43. The molecule has 3 rings (SSSR count). The zero-order chi connectivity index (χ0) is 15.6. The lowest BCUT2D eigenvalue weighted by Crippen LogP contribution is -2.13. The van der Waals surface area contributed by atoms with E-state index in [2.05, 4.69) is 36.2 Å². The number of aromatic nitrogens is 4. The molecule has 1 heterocycles. The van der Waals surface area contributed by atoms with Gasteiger partial charge in [0.05, 0.1) is 16.3 Å². The predicted octanol–water partition coefficient (Wildman–Crippen LogP) is 2.23. The summed E-state index contributed by atoms with van der Waals surface area (Å²) in [6.45, 7) is 0. The van der Waals surface area contributed by atoms with Crippen LogP contribution in [0.25, 0.3) is 5.69 Å². The zero-order valence-corrected chi connectivity index (χ0v) is 13.5. The third-order valence-corrected chi connectivity index (χ3v) is 4.76. The van der Waals surface area contributed by atoms with Crippen molar-refractivity contribution in [2.75, 3.05) is 4.72 Å². The molecule has 112 valence electrons. The van der Waals surface area contributed by atoms with Gasteiger partial charge in [-0.2, -0.15) is 0 Å². The zero-order valence-electron chi connectivity index (χ0n) is 11.1. The van der Waals surface area contributed by atoms with Crippen LogP contribution in [0.5, 0.6) is 0 Å². The van der Waals surface area contributed by atoms with Crippen molar-refractivity contribution >= 4 is 31.6 Å². The molecule has 0 saturated carbocycles. The Kier molecular flexibility index (Phi) is 3.90. The van der Waals surface area contributed by atoms with Crippen LogP contribution >= 0.6 is 15.9 Å². The molecule has 0 aliphatic carbocycles. The van der Waals surface area contributed by atoms with E-state index in [0.717, 1.165) is 4.47 Å². The second-order valence-corrected chi connectivity index (χ2v) is 6.96. The van der Waals surface area contributed by atoms with Crippen LogP contribution in [0.2, 0.25) is 0 Å². The maximum atomic E-state index is 12.3. The highest BCUT2D eigenvalue weighted by atomic mass is 79.9. The summed E-state index contributed by atoms with van der Waals surface area (Å²) >= 11 is 3.27. The third kappa shape index (κ3) is 3.15. The van der Waals surface area contributed by atoms with Crippen LogP contribution in [-0.4, -0.2) is 28.6 Å². The quantitative estimate of drug-likeness (QED) is 0.750. The number of anilines is 1. The molecule has 0 unspecified atom stereocenters. The molecule has 0 aliphatic heterocycles. The standard InChI is InChI=1S/C13H10BrN5O2S/c14-10-4-6-13(7-5-10)22(20,21)16-11-2-1-3-12(8-11)19-9-15-17-18-19/h1-9,16H. The number of halogens is 1. The van der Waals surface area contributed by atoms with Gasteiger partial charge in [0.25, 0.3) is 10.0 Å². The number of nitrogens with zero attached hydrogens (tertiary/aromatic N) is 4. The van der Waals surface area contributed by atoms with Gasteiger partial charge in [0, 0.05) is 4.47 Å². The highest BCUT2D eigenvalue weighted by Gasteiger charge is 2.14. The Bertz CT molecular complexity index is 879. The third-order valence-electron chi connectivity index (χ3n) is 2.84. The number of hydrogen-bond donors (Lipinski definition) is 1. The molecule has 1 N–H and O–H groups in total. The van der Waals surface area contributed by atoms with Gasteiger partial charge in [0.15, 0.2) is 0 Å². The minimum absolute atomic E-state index is 0.184. The molecule has 0 saturated heterocycles. The van der Waals surface area contributed by atoms with E-state index in [1.807, 2.05) is 0 Å². The molecule has 1 aromatic heterocycles. The van der Waals surface area contributed by atoms with E-state index in [1.165, 1.54) is 23.1 Å². The van der Waals surface area contributed by atoms with Crippen molar-refractivity contribution in [3.8, 4) is 5.69 Å². The van der Waals surface area contributed by atoms with E-state index < -0.39 is 10.0 Å². The van der Waals surface area contributed by atoms with Crippen LogP contribution in [0.15, 0.2) is 64.2 Å². The van der Waals surface area contributed by atoms with Gasteiger partial charge in [-0.1, -0.05) is 22.0 Å². The molecule has 0 aliphatic rings. The number of rotatable bonds is 4. The lowest BCUT2D eigenvalue weighted by Gasteiger charge is -2.09. The lowest BCUT2D eigenvalue weighted by molar-refractivity contribution is 0.601. The minimum Gasteiger partial charge on any atom is -0.280 e. The summed E-state index contributed by atoms with van der Waals surface area (Å²) in [4.78, 5) is 0.184. The molecule has 22 heavy (non-hydrogen) atoms. The highest BCUT2D eigenvalue weighted by molar-refractivity contribution is 9.10. The van der Waals surface area contributed by atoms with Crippen LogP contribution in [0, 0.1) is 0 Å². The molecular formula is C13H10BrN5O2S. The Hall–Kier alpha value is -2.26. The van der Waals surface area contributed by atoms with Gasteiger partial charge in [0.2, 0.25) is 0 Å². The van der Waals surface area contributed by atoms with Crippen molar-refractivity contribution < 1.29 is 8.42 Å². The first-order chi connectivity index (χ1) is 10.5. The Labute approximate surface area is 135 Å². The molecule has 0 bridgehead atoms. The maximum Gasteiger partial charge on any atom is 0.261 e. The van der Waals surface area contributed by atoms with E-state index in [-0.39, 0.29) is 4.90 Å². The van der Waals surface area contributed by atoms with E-state index in [0.29, 0.717) is 11.4 Å². The molecule has 0 spiro atoms. The summed E-state index contributed by atoms with van der Waals surface area (Å²) < 4.78 is 29.5. The van der Waals surface area contributed by atoms with Gasteiger partial charge in [-0.25, -0.2) is 13.1 Å². The molecular weight excluding hydrogens is 370 g/mol. The molecule has 7 nitrogen and oxygen atoms in total. The molecule has 0 fully saturated rings. The van der Waals surface area contributed by atoms with E-state index in [1.54, 1.807) is 36.4 Å². The fraction of sp³-hybridized carbons (Fsp3) is 0. The summed E-state index contributed by atoms with van der Waals surface area (Å²) in [5, 5.41) is 10.9. The fourth-order valence-corrected chi connectivity index (χ4v) is 3.13. The number of benzene rings is 2. The smallest absolute Gasteiger partial charge is 0.261 e. The van der Waals surface area contributed by atoms with Crippen LogP contribution in [-0.2, 0) is 10.0 Å². The average molecular weight is 380 g/mol. The van der Waals surface area contributed by atoms with E-state index in [4.69, 9.17) is 0 Å². The van der Waals surface area contributed by atoms with Gasteiger partial charge < -0.3 is 0 Å². The topological polar surface area (TPSA) is 89.8 Å². The predicted molar refractivity (Wildman–Crippen MR) is 84.1 cm³/mol. The first-order valence-corrected chi connectivity index (χ1v) is 8.44. The average Bonchev–Trinajstić information content (AvgIpc) is 3.02. The first kappa shape index (κ1) is 14.7. The van der Waals surface area contributed by atoms with Gasteiger partial charge in [0.1, 0.15) is 6.33 Å². The first-order valence-electron chi connectivity index (χ1n) is 6.16. The molecule has 0 atom stereocenters. The van der Waals surface area contributed by atoms with Crippen molar-refractivity contribution in [3.05, 3.63) is 59.3 Å². The normalized spacial score (nSPS) is 11.3. The van der Waals surface area contributed by atoms with Gasteiger partial charge in [-0.3, -0.25) is 4.72 Å². The Morgan fingerprint density at radius 3 is 2.55 bits per heavy atom. The Morgan fingerprint density at radius 2 is 1.86 bits per heavy atom. The largest absolute Gasteiger partial charge is 0.280 e. The second kappa shape index (κ2) is 5.85. The number of tetrazole rings is 1. The molecule has 2 aromatic carbocycles. The van der Waals surface area contributed by atoms with E-state index >= 15 is 0 Å². The monoisotopic (exact) mass is 379 g/mol. The molecule has 0 radical (unpaired) electrons. The summed E-state index contributed by atoms with van der Waals surface area (Å²) in [7, 11) is -3.65. The van der Waals surface area contributed by atoms with Crippen LogP contribution in [0.1, 0.15) is 0 Å². The van der Waals surface area contributed by atoms with Crippen molar-refractivity contribution in [3.63, 3.8) is 0 Å². The van der Waals surface area contributed by atoms with Crippen molar-refractivity contribution in [2.24, 2.45) is 0 Å². The number of nitrogens with one attached hydrogen (secondary N) is 1. The van der Waals surface area contributed by atoms with Crippen molar-refractivity contribution in [2.45, 2.75) is 4.90 Å². The van der Waals surface area contributed by atoms with Crippen molar-refractivity contribution in [1.82, 2.24) is 20.2 Å². The van der Waals surface area contributed by atoms with E-state index in [9.17, 15) is 8.42 Å². The minimum atomic E-state index is -3.65. The number of sulfonamides is 1. The summed E-state index contributed by atoms with van der Waals surface area (Å²) in [5.74, 6) is 0. The Morgan fingerprint density at radius 1 is 1.09 bits per heavy atom. The van der Waals surface area contributed by atoms with Crippen molar-refractivity contribution in [1.29, 1.82) is 0 Å². The van der Waals surface area contributed by atoms with Crippen LogP contribution in [0.4, 0.5) is 5.69 Å². The molecule has 0 amide bonds. The highest BCUT2D eigenvalue weighted by Crippen LogP contribution is 2.20. The molecule has 3 aromatic rings. The fourth-order valence-electron chi connectivity index (χ4n) is 1.82.